The zero-order valence-corrected chi connectivity index (χ0v) is 11.4. The quantitative estimate of drug-likeness (QED) is 0.870. The molecule has 0 radical (unpaired) electrons. The van der Waals surface area contributed by atoms with Gasteiger partial charge in [-0.3, -0.25) is 0 Å². The minimum atomic E-state index is -0.822. The van der Waals surface area contributed by atoms with Crippen LogP contribution in [0.15, 0.2) is 40.9 Å². The molecule has 0 aliphatic rings. The first-order chi connectivity index (χ1) is 8.56. The summed E-state index contributed by atoms with van der Waals surface area (Å²) in [5.74, 6) is -1.64. The Morgan fingerprint density at radius 1 is 1.06 bits per heavy atom. The Hall–Kier alpha value is -1.42. The van der Waals surface area contributed by atoms with Crippen LogP contribution in [0, 0.1) is 18.6 Å². The number of aryl methyl sites for hydroxylation is 1. The van der Waals surface area contributed by atoms with E-state index < -0.39 is 11.6 Å². The van der Waals surface area contributed by atoms with Crippen molar-refractivity contribution in [2.24, 2.45) is 0 Å². The molecule has 2 rings (SSSR count). The van der Waals surface area contributed by atoms with E-state index in [4.69, 9.17) is 0 Å². The molecule has 0 amide bonds. The Morgan fingerprint density at radius 3 is 2.50 bits per heavy atom. The number of benzene rings is 2. The third kappa shape index (κ3) is 3.07. The molecule has 0 saturated carbocycles. The molecule has 1 nitrogen and oxygen atoms in total. The Bertz CT molecular complexity index is 518. The fourth-order valence-electron chi connectivity index (χ4n) is 1.56. The van der Waals surface area contributed by atoms with Gasteiger partial charge in [-0.25, -0.2) is 8.78 Å². The fourth-order valence-corrected chi connectivity index (χ4v) is 1.94. The lowest BCUT2D eigenvalue weighted by Crippen LogP contribution is -2.00. The Kier molecular flexibility index (Phi) is 3.97. The van der Waals surface area contributed by atoms with Crippen molar-refractivity contribution in [1.29, 1.82) is 0 Å². The smallest absolute Gasteiger partial charge is 0.159 e. The van der Waals surface area contributed by atoms with Crippen molar-refractivity contribution < 1.29 is 8.78 Å². The summed E-state index contributed by atoms with van der Waals surface area (Å²) >= 11 is 3.44. The number of halogens is 3. The second kappa shape index (κ2) is 5.48. The first kappa shape index (κ1) is 13.0. The van der Waals surface area contributed by atoms with E-state index in [1.807, 2.05) is 25.1 Å². The number of nitrogens with one attached hydrogen (secondary N) is 1. The lowest BCUT2D eigenvalue weighted by atomic mass is 10.2. The molecule has 18 heavy (non-hydrogen) atoms. The van der Waals surface area contributed by atoms with Crippen LogP contribution in [0.25, 0.3) is 0 Å². The van der Waals surface area contributed by atoms with E-state index in [0.717, 1.165) is 21.8 Å². The van der Waals surface area contributed by atoms with Crippen molar-refractivity contribution in [2.75, 3.05) is 5.32 Å². The zero-order valence-electron chi connectivity index (χ0n) is 9.81. The Balaban J connectivity index is 2.06. The van der Waals surface area contributed by atoms with Crippen LogP contribution >= 0.6 is 15.9 Å². The highest BCUT2D eigenvalue weighted by molar-refractivity contribution is 9.10. The maximum atomic E-state index is 13.0. The highest BCUT2D eigenvalue weighted by Crippen LogP contribution is 2.21. The number of anilines is 1. The molecular formula is C14H12BrF2N. The Labute approximate surface area is 113 Å². The molecule has 0 saturated heterocycles. The number of hydrogen-bond donors (Lipinski definition) is 1. The summed E-state index contributed by atoms with van der Waals surface area (Å²) in [4.78, 5) is 0. The van der Waals surface area contributed by atoms with Crippen molar-refractivity contribution in [3.8, 4) is 0 Å². The summed E-state index contributed by atoms with van der Waals surface area (Å²) in [6, 6.07) is 9.78. The van der Waals surface area contributed by atoms with Crippen molar-refractivity contribution in [3.05, 3.63) is 63.6 Å². The minimum absolute atomic E-state index is 0.451. The molecule has 1 N–H and O–H groups in total. The summed E-state index contributed by atoms with van der Waals surface area (Å²) in [7, 11) is 0. The zero-order chi connectivity index (χ0) is 13.1. The van der Waals surface area contributed by atoms with E-state index >= 15 is 0 Å². The average Bonchev–Trinajstić information content (AvgIpc) is 2.35. The van der Waals surface area contributed by atoms with Gasteiger partial charge >= 0.3 is 0 Å². The van der Waals surface area contributed by atoms with Gasteiger partial charge in [0.2, 0.25) is 0 Å². The van der Waals surface area contributed by atoms with Gasteiger partial charge in [0.1, 0.15) is 0 Å². The summed E-state index contributed by atoms with van der Waals surface area (Å²) in [6.45, 7) is 2.45. The van der Waals surface area contributed by atoms with E-state index in [0.29, 0.717) is 12.1 Å². The minimum Gasteiger partial charge on any atom is -0.381 e. The van der Waals surface area contributed by atoms with Crippen LogP contribution in [-0.4, -0.2) is 0 Å². The summed E-state index contributed by atoms with van der Waals surface area (Å²) in [5.41, 5.74) is 2.77. The van der Waals surface area contributed by atoms with Gasteiger partial charge in [-0.1, -0.05) is 28.1 Å². The second-order valence-electron chi connectivity index (χ2n) is 4.07. The highest BCUT2D eigenvalue weighted by atomic mass is 79.9. The van der Waals surface area contributed by atoms with E-state index in [2.05, 4.69) is 21.2 Å². The van der Waals surface area contributed by atoms with Crippen LogP contribution in [0.1, 0.15) is 11.1 Å². The molecule has 0 unspecified atom stereocenters. The second-order valence-corrected chi connectivity index (χ2v) is 4.92. The molecule has 0 aliphatic carbocycles. The molecule has 4 heteroatoms. The molecule has 2 aromatic carbocycles. The summed E-state index contributed by atoms with van der Waals surface area (Å²) in [6.07, 6.45) is 0. The first-order valence-corrected chi connectivity index (χ1v) is 6.29. The standard InChI is InChI=1S/C14H12BrF2N/c1-9-2-4-11(7-12(9)15)18-8-10-3-5-13(16)14(17)6-10/h2-7,18H,8H2,1H3. The van der Waals surface area contributed by atoms with Crippen LogP contribution in [0.3, 0.4) is 0 Å². The molecule has 0 atom stereocenters. The van der Waals surface area contributed by atoms with Gasteiger partial charge in [0, 0.05) is 16.7 Å². The predicted octanol–water partition coefficient (Wildman–Crippen LogP) is 4.65. The van der Waals surface area contributed by atoms with E-state index in [-0.39, 0.29) is 0 Å². The summed E-state index contributed by atoms with van der Waals surface area (Å²) < 4.78 is 26.8. The lowest BCUT2D eigenvalue weighted by molar-refractivity contribution is 0.507. The SMILES string of the molecule is Cc1ccc(NCc2ccc(F)c(F)c2)cc1Br. The van der Waals surface area contributed by atoms with Gasteiger partial charge in [-0.2, -0.15) is 0 Å². The molecule has 0 spiro atoms. The molecule has 0 aliphatic heterocycles. The van der Waals surface area contributed by atoms with Crippen molar-refractivity contribution in [2.45, 2.75) is 13.5 Å². The van der Waals surface area contributed by atoms with Crippen LogP contribution < -0.4 is 5.32 Å². The molecule has 0 bridgehead atoms. The van der Waals surface area contributed by atoms with Crippen LogP contribution in [-0.2, 0) is 6.54 Å². The third-order valence-corrected chi connectivity index (χ3v) is 3.51. The summed E-state index contributed by atoms with van der Waals surface area (Å²) in [5, 5.41) is 3.16. The maximum Gasteiger partial charge on any atom is 0.159 e. The molecule has 0 heterocycles. The van der Waals surface area contributed by atoms with E-state index in [9.17, 15) is 8.78 Å². The average molecular weight is 312 g/mol. The van der Waals surface area contributed by atoms with Crippen molar-refractivity contribution in [1.82, 2.24) is 0 Å². The van der Waals surface area contributed by atoms with Gasteiger partial charge in [-0.15, -0.1) is 0 Å². The van der Waals surface area contributed by atoms with Gasteiger partial charge in [0.25, 0.3) is 0 Å². The van der Waals surface area contributed by atoms with Crippen LogP contribution in [0.5, 0.6) is 0 Å². The van der Waals surface area contributed by atoms with Crippen LogP contribution in [0.4, 0.5) is 14.5 Å². The predicted molar refractivity (Wildman–Crippen MR) is 72.6 cm³/mol. The van der Waals surface area contributed by atoms with E-state index in [1.54, 1.807) is 6.07 Å². The fraction of sp³-hybridized carbons (Fsp3) is 0.143. The van der Waals surface area contributed by atoms with Gasteiger partial charge < -0.3 is 5.32 Å². The topological polar surface area (TPSA) is 12.0 Å². The lowest BCUT2D eigenvalue weighted by Gasteiger charge is -2.08. The largest absolute Gasteiger partial charge is 0.381 e. The van der Waals surface area contributed by atoms with Crippen molar-refractivity contribution in [3.63, 3.8) is 0 Å². The van der Waals surface area contributed by atoms with E-state index in [1.165, 1.54) is 6.07 Å². The third-order valence-electron chi connectivity index (χ3n) is 2.65. The normalized spacial score (nSPS) is 10.4. The molecule has 0 fully saturated rings. The molecular weight excluding hydrogens is 300 g/mol. The monoisotopic (exact) mass is 311 g/mol. The first-order valence-electron chi connectivity index (χ1n) is 5.50. The number of rotatable bonds is 3. The van der Waals surface area contributed by atoms with Gasteiger partial charge in [0.15, 0.2) is 11.6 Å². The van der Waals surface area contributed by atoms with Gasteiger partial charge in [-0.05, 0) is 42.3 Å². The van der Waals surface area contributed by atoms with Crippen molar-refractivity contribution >= 4 is 21.6 Å². The molecule has 2 aromatic rings. The maximum absolute atomic E-state index is 13.0. The Morgan fingerprint density at radius 2 is 1.83 bits per heavy atom. The molecule has 94 valence electrons. The van der Waals surface area contributed by atoms with Crippen LogP contribution in [0.2, 0.25) is 0 Å². The highest BCUT2D eigenvalue weighted by Gasteiger charge is 2.03. The van der Waals surface area contributed by atoms with Gasteiger partial charge in [0.05, 0.1) is 0 Å². The number of hydrogen-bond acceptors (Lipinski definition) is 1. The molecule has 0 aromatic heterocycles.